The third-order valence-electron chi connectivity index (χ3n) is 2.35. The number of methoxy groups -OCH3 is 1. The summed E-state index contributed by atoms with van der Waals surface area (Å²) in [6.45, 7) is 4.36. The van der Waals surface area contributed by atoms with Crippen LogP contribution in [0.3, 0.4) is 0 Å². The molecule has 0 aliphatic rings. The van der Waals surface area contributed by atoms with Crippen LogP contribution in [-0.2, 0) is 9.53 Å². The van der Waals surface area contributed by atoms with Crippen LogP contribution in [0, 0.1) is 0 Å². The topological polar surface area (TPSA) is 29.5 Å². The predicted molar refractivity (Wildman–Crippen MR) is 60.9 cm³/mol. The lowest BCUT2D eigenvalue weighted by Crippen LogP contribution is -2.38. The highest BCUT2D eigenvalue weighted by Gasteiger charge is 2.19. The molecule has 0 N–H and O–H groups in total. The molecule has 15 heavy (non-hydrogen) atoms. The van der Waals surface area contributed by atoms with Gasteiger partial charge >= 0.3 is 0 Å². The van der Waals surface area contributed by atoms with Gasteiger partial charge in [-0.3, -0.25) is 4.79 Å². The number of benzene rings is 1. The maximum Gasteiger partial charge on any atom is 0.255 e. The van der Waals surface area contributed by atoms with Crippen LogP contribution in [0.15, 0.2) is 30.3 Å². The van der Waals surface area contributed by atoms with Crippen LogP contribution in [-0.4, -0.2) is 25.7 Å². The number of likely N-dealkylation sites (N-methyl/N-ethyl adjacent to an activating group) is 1. The van der Waals surface area contributed by atoms with Gasteiger partial charge in [0.1, 0.15) is 6.10 Å². The van der Waals surface area contributed by atoms with Crippen molar-refractivity contribution in [2.24, 2.45) is 0 Å². The predicted octanol–water partition coefficient (Wildman–Crippen LogP) is 2.07. The SMILES string of the molecule is CCN(C(=O)C(C)OC)c1ccccc1. The van der Waals surface area contributed by atoms with Gasteiger partial charge in [0.05, 0.1) is 0 Å². The minimum Gasteiger partial charge on any atom is -0.372 e. The molecule has 0 aliphatic carbocycles. The van der Waals surface area contributed by atoms with Crippen LogP contribution >= 0.6 is 0 Å². The van der Waals surface area contributed by atoms with Gasteiger partial charge in [-0.05, 0) is 26.0 Å². The third-order valence-corrected chi connectivity index (χ3v) is 2.35. The number of anilines is 1. The fraction of sp³-hybridized carbons (Fsp3) is 0.417. The van der Waals surface area contributed by atoms with Crippen LogP contribution in [0.4, 0.5) is 5.69 Å². The molecule has 0 fully saturated rings. The normalized spacial score (nSPS) is 12.2. The standard InChI is InChI=1S/C12H17NO2/c1-4-13(12(14)10(2)15-3)11-8-6-5-7-9-11/h5-10H,4H2,1-3H3. The molecule has 1 aromatic carbocycles. The first-order chi connectivity index (χ1) is 7.20. The molecule has 0 aromatic heterocycles. The molecule has 0 bridgehead atoms. The summed E-state index contributed by atoms with van der Waals surface area (Å²) in [5.41, 5.74) is 0.911. The summed E-state index contributed by atoms with van der Waals surface area (Å²) in [7, 11) is 1.54. The number of carbonyl (C=O) groups is 1. The zero-order valence-electron chi connectivity index (χ0n) is 9.43. The fourth-order valence-electron chi connectivity index (χ4n) is 1.39. The largest absolute Gasteiger partial charge is 0.372 e. The molecule has 0 radical (unpaired) electrons. The lowest BCUT2D eigenvalue weighted by atomic mass is 10.2. The van der Waals surface area contributed by atoms with Crippen molar-refractivity contribution in [3.63, 3.8) is 0 Å². The van der Waals surface area contributed by atoms with Crippen molar-refractivity contribution in [3.8, 4) is 0 Å². The number of rotatable bonds is 4. The highest BCUT2D eigenvalue weighted by Crippen LogP contribution is 2.14. The Morgan fingerprint density at radius 1 is 1.40 bits per heavy atom. The Bertz CT molecular complexity index is 311. The average molecular weight is 207 g/mol. The summed E-state index contributed by atoms with van der Waals surface area (Å²) in [6, 6.07) is 9.61. The Morgan fingerprint density at radius 2 is 2.00 bits per heavy atom. The van der Waals surface area contributed by atoms with Gasteiger partial charge in [-0.15, -0.1) is 0 Å². The summed E-state index contributed by atoms with van der Waals surface area (Å²) >= 11 is 0. The molecule has 0 saturated carbocycles. The molecular weight excluding hydrogens is 190 g/mol. The monoisotopic (exact) mass is 207 g/mol. The molecule has 82 valence electrons. The van der Waals surface area contributed by atoms with Gasteiger partial charge in [0.25, 0.3) is 5.91 Å². The highest BCUT2D eigenvalue weighted by atomic mass is 16.5. The highest BCUT2D eigenvalue weighted by molar-refractivity contribution is 5.96. The Kier molecular flexibility index (Phi) is 4.31. The first kappa shape index (κ1) is 11.7. The number of hydrogen-bond acceptors (Lipinski definition) is 2. The number of amides is 1. The molecule has 1 amide bonds. The van der Waals surface area contributed by atoms with Crippen LogP contribution in [0.2, 0.25) is 0 Å². The molecule has 0 spiro atoms. The molecule has 1 aromatic rings. The quantitative estimate of drug-likeness (QED) is 0.756. The minimum absolute atomic E-state index is 0.00815. The molecule has 1 rings (SSSR count). The van der Waals surface area contributed by atoms with E-state index >= 15 is 0 Å². The van der Waals surface area contributed by atoms with Crippen molar-refractivity contribution in [1.82, 2.24) is 0 Å². The van der Waals surface area contributed by atoms with E-state index in [1.54, 1.807) is 18.9 Å². The number of ether oxygens (including phenoxy) is 1. The molecule has 0 saturated heterocycles. The Balaban J connectivity index is 2.85. The zero-order valence-corrected chi connectivity index (χ0v) is 9.43. The zero-order chi connectivity index (χ0) is 11.3. The van der Waals surface area contributed by atoms with Gasteiger partial charge < -0.3 is 9.64 Å². The summed E-state index contributed by atoms with van der Waals surface area (Å²) in [5, 5.41) is 0. The van der Waals surface area contributed by atoms with Gasteiger partial charge in [-0.1, -0.05) is 18.2 Å². The van der Waals surface area contributed by atoms with Gasteiger partial charge in [-0.25, -0.2) is 0 Å². The van der Waals surface area contributed by atoms with Crippen molar-refractivity contribution >= 4 is 11.6 Å². The summed E-state index contributed by atoms with van der Waals surface area (Å²) in [5.74, 6) is -0.00815. The van der Waals surface area contributed by atoms with Crippen LogP contribution in [0.5, 0.6) is 0 Å². The second-order valence-corrected chi connectivity index (χ2v) is 3.30. The second-order valence-electron chi connectivity index (χ2n) is 3.30. The van der Waals surface area contributed by atoms with E-state index in [-0.39, 0.29) is 5.91 Å². The van der Waals surface area contributed by atoms with E-state index in [1.807, 2.05) is 37.3 Å². The van der Waals surface area contributed by atoms with Crippen molar-refractivity contribution < 1.29 is 9.53 Å². The summed E-state index contributed by atoms with van der Waals surface area (Å²) in [4.78, 5) is 13.6. The van der Waals surface area contributed by atoms with Crippen molar-refractivity contribution in [3.05, 3.63) is 30.3 Å². The fourth-order valence-corrected chi connectivity index (χ4v) is 1.39. The van der Waals surface area contributed by atoms with E-state index in [1.165, 1.54) is 0 Å². The van der Waals surface area contributed by atoms with Gasteiger partial charge in [0.15, 0.2) is 0 Å². The van der Waals surface area contributed by atoms with E-state index in [0.717, 1.165) is 5.69 Å². The molecule has 0 aliphatic heterocycles. The molecule has 0 heterocycles. The molecular formula is C12H17NO2. The Hall–Kier alpha value is -1.35. The number of para-hydroxylation sites is 1. The van der Waals surface area contributed by atoms with Gasteiger partial charge in [-0.2, -0.15) is 0 Å². The number of carbonyl (C=O) groups excluding carboxylic acids is 1. The van der Waals surface area contributed by atoms with E-state index in [9.17, 15) is 4.79 Å². The lowest BCUT2D eigenvalue weighted by molar-refractivity contribution is -0.127. The van der Waals surface area contributed by atoms with Crippen molar-refractivity contribution in [2.45, 2.75) is 20.0 Å². The smallest absolute Gasteiger partial charge is 0.255 e. The van der Waals surface area contributed by atoms with Crippen LogP contribution in [0.25, 0.3) is 0 Å². The molecule has 3 heteroatoms. The minimum atomic E-state index is -0.398. The van der Waals surface area contributed by atoms with Crippen molar-refractivity contribution in [2.75, 3.05) is 18.6 Å². The van der Waals surface area contributed by atoms with Gasteiger partial charge in [0.2, 0.25) is 0 Å². The second kappa shape index (κ2) is 5.51. The lowest BCUT2D eigenvalue weighted by Gasteiger charge is -2.23. The third kappa shape index (κ3) is 2.80. The van der Waals surface area contributed by atoms with E-state index < -0.39 is 6.10 Å². The maximum atomic E-state index is 11.9. The van der Waals surface area contributed by atoms with Crippen LogP contribution in [0.1, 0.15) is 13.8 Å². The van der Waals surface area contributed by atoms with E-state index in [4.69, 9.17) is 4.74 Å². The Morgan fingerprint density at radius 3 is 2.47 bits per heavy atom. The average Bonchev–Trinajstić information content (AvgIpc) is 2.30. The maximum absolute atomic E-state index is 11.9. The number of nitrogens with zero attached hydrogens (tertiary/aromatic N) is 1. The van der Waals surface area contributed by atoms with E-state index in [2.05, 4.69) is 0 Å². The molecule has 1 atom stereocenters. The van der Waals surface area contributed by atoms with Crippen molar-refractivity contribution in [1.29, 1.82) is 0 Å². The molecule has 1 unspecified atom stereocenters. The first-order valence-electron chi connectivity index (χ1n) is 5.10. The van der Waals surface area contributed by atoms with Gasteiger partial charge in [0, 0.05) is 19.3 Å². The Labute approximate surface area is 90.7 Å². The summed E-state index contributed by atoms with van der Waals surface area (Å²) in [6.07, 6.45) is -0.398. The molecule has 3 nitrogen and oxygen atoms in total. The van der Waals surface area contributed by atoms with E-state index in [0.29, 0.717) is 6.54 Å². The first-order valence-corrected chi connectivity index (χ1v) is 5.10. The summed E-state index contributed by atoms with van der Waals surface area (Å²) < 4.78 is 5.03. The number of hydrogen-bond donors (Lipinski definition) is 0. The van der Waals surface area contributed by atoms with Crippen LogP contribution < -0.4 is 4.90 Å².